The van der Waals surface area contributed by atoms with Gasteiger partial charge in [0.2, 0.25) is 5.91 Å². The second-order valence-electron chi connectivity index (χ2n) is 7.37. The van der Waals surface area contributed by atoms with Gasteiger partial charge in [-0.2, -0.15) is 11.3 Å². The number of thiophene rings is 1. The van der Waals surface area contributed by atoms with Crippen molar-refractivity contribution in [2.75, 3.05) is 11.9 Å². The van der Waals surface area contributed by atoms with Gasteiger partial charge in [-0.1, -0.05) is 6.07 Å². The predicted octanol–water partition coefficient (Wildman–Crippen LogP) is 2.66. The molecule has 4 amide bonds. The molecule has 1 fully saturated rings. The number of carbonyl (C=O) groups is 3. The third-order valence-electron chi connectivity index (χ3n) is 5.03. The van der Waals surface area contributed by atoms with Crippen molar-refractivity contribution in [2.45, 2.75) is 38.4 Å². The zero-order valence-corrected chi connectivity index (χ0v) is 16.5. The molecule has 3 N–H and O–H groups in total. The first-order valence-corrected chi connectivity index (χ1v) is 10.2. The van der Waals surface area contributed by atoms with E-state index in [1.54, 1.807) is 22.3 Å². The summed E-state index contributed by atoms with van der Waals surface area (Å²) in [5, 5.41) is 12.5. The van der Waals surface area contributed by atoms with Crippen molar-refractivity contribution in [2.24, 2.45) is 0 Å². The average Bonchev–Trinajstić information content (AvgIpc) is 3.28. The molecule has 4 rings (SSSR count). The van der Waals surface area contributed by atoms with Crippen LogP contribution < -0.4 is 16.0 Å². The van der Waals surface area contributed by atoms with Crippen molar-refractivity contribution < 1.29 is 14.4 Å². The van der Waals surface area contributed by atoms with E-state index >= 15 is 0 Å². The van der Waals surface area contributed by atoms with Crippen molar-refractivity contribution in [1.29, 1.82) is 0 Å². The summed E-state index contributed by atoms with van der Waals surface area (Å²) in [6.07, 6.45) is 0.537. The maximum absolute atomic E-state index is 13.2. The highest BCUT2D eigenvalue weighted by molar-refractivity contribution is 7.08. The van der Waals surface area contributed by atoms with Gasteiger partial charge >= 0.3 is 6.03 Å². The molecule has 0 unspecified atom stereocenters. The summed E-state index contributed by atoms with van der Waals surface area (Å²) < 4.78 is 0. The van der Waals surface area contributed by atoms with Crippen LogP contribution in [0.2, 0.25) is 0 Å². The van der Waals surface area contributed by atoms with E-state index in [9.17, 15) is 14.4 Å². The second kappa shape index (κ2) is 7.27. The molecule has 3 heterocycles. The van der Waals surface area contributed by atoms with E-state index in [1.165, 1.54) is 0 Å². The fourth-order valence-corrected chi connectivity index (χ4v) is 4.43. The first-order valence-electron chi connectivity index (χ1n) is 9.29. The van der Waals surface area contributed by atoms with Gasteiger partial charge in [-0.25, -0.2) is 4.79 Å². The SMILES string of the molecule is CC(C)NC(=O)N[C@H]1CCN2C(=O)c3cc(-c4ccsc4)ccc3NC(=O)[C@H]12. The van der Waals surface area contributed by atoms with Crippen molar-refractivity contribution in [3.8, 4) is 11.1 Å². The van der Waals surface area contributed by atoms with Crippen LogP contribution in [0.4, 0.5) is 10.5 Å². The van der Waals surface area contributed by atoms with Crippen molar-refractivity contribution in [1.82, 2.24) is 15.5 Å². The van der Waals surface area contributed by atoms with Gasteiger partial charge in [-0.15, -0.1) is 0 Å². The largest absolute Gasteiger partial charge is 0.336 e. The summed E-state index contributed by atoms with van der Waals surface area (Å²) >= 11 is 1.59. The Bertz CT molecular complexity index is 926. The summed E-state index contributed by atoms with van der Waals surface area (Å²) in [5.74, 6) is -0.466. The fraction of sp³-hybridized carbons (Fsp3) is 0.350. The molecule has 0 spiro atoms. The number of urea groups is 1. The molecule has 0 bridgehead atoms. The number of hydrogen-bond donors (Lipinski definition) is 3. The molecule has 2 atom stereocenters. The van der Waals surface area contributed by atoms with Gasteiger partial charge in [-0.3, -0.25) is 9.59 Å². The highest BCUT2D eigenvalue weighted by Crippen LogP contribution is 2.32. The van der Waals surface area contributed by atoms with Crippen LogP contribution in [0, 0.1) is 0 Å². The third-order valence-corrected chi connectivity index (χ3v) is 5.71. The normalized spacial score (nSPS) is 21.0. The zero-order valence-electron chi connectivity index (χ0n) is 15.7. The first kappa shape index (κ1) is 18.5. The van der Waals surface area contributed by atoms with Crippen LogP contribution in [0.3, 0.4) is 0 Å². The molecule has 28 heavy (non-hydrogen) atoms. The Hall–Kier alpha value is -2.87. The summed E-state index contributed by atoms with van der Waals surface area (Å²) in [6, 6.07) is 6.01. The van der Waals surface area contributed by atoms with Crippen LogP contribution >= 0.6 is 11.3 Å². The van der Waals surface area contributed by atoms with E-state index in [2.05, 4.69) is 16.0 Å². The van der Waals surface area contributed by atoms with Crippen molar-refractivity contribution in [3.63, 3.8) is 0 Å². The molecular formula is C20H22N4O3S. The van der Waals surface area contributed by atoms with Crippen LogP contribution in [0.25, 0.3) is 11.1 Å². The molecule has 2 aliphatic rings. The van der Waals surface area contributed by atoms with Gasteiger partial charge in [-0.05, 0) is 60.4 Å². The monoisotopic (exact) mass is 398 g/mol. The predicted molar refractivity (Wildman–Crippen MR) is 108 cm³/mol. The van der Waals surface area contributed by atoms with Crippen molar-refractivity contribution >= 4 is 34.9 Å². The minimum Gasteiger partial charge on any atom is -0.336 e. The number of nitrogens with zero attached hydrogens (tertiary/aromatic N) is 1. The smallest absolute Gasteiger partial charge is 0.315 e. The fourth-order valence-electron chi connectivity index (χ4n) is 3.77. The van der Waals surface area contributed by atoms with E-state index < -0.39 is 12.1 Å². The molecule has 1 aromatic heterocycles. The van der Waals surface area contributed by atoms with Gasteiger partial charge < -0.3 is 20.9 Å². The Morgan fingerprint density at radius 3 is 2.79 bits per heavy atom. The summed E-state index contributed by atoms with van der Waals surface area (Å²) in [7, 11) is 0. The maximum Gasteiger partial charge on any atom is 0.315 e. The minimum absolute atomic E-state index is 0.0121. The van der Waals surface area contributed by atoms with Gasteiger partial charge in [0.05, 0.1) is 17.3 Å². The Labute approximate surface area is 167 Å². The first-order chi connectivity index (χ1) is 13.4. The molecule has 2 aliphatic heterocycles. The quantitative estimate of drug-likeness (QED) is 0.742. The highest BCUT2D eigenvalue weighted by atomic mass is 32.1. The number of benzene rings is 1. The molecule has 1 aromatic carbocycles. The number of fused-ring (bicyclic) bond motifs is 2. The summed E-state index contributed by atoms with van der Waals surface area (Å²) in [4.78, 5) is 39.7. The lowest BCUT2D eigenvalue weighted by atomic mass is 10.0. The lowest BCUT2D eigenvalue weighted by Crippen LogP contribution is -2.54. The van der Waals surface area contributed by atoms with Crippen LogP contribution in [0.15, 0.2) is 35.0 Å². The highest BCUT2D eigenvalue weighted by Gasteiger charge is 2.45. The molecule has 7 nitrogen and oxygen atoms in total. The molecule has 146 valence electrons. The lowest BCUT2D eigenvalue weighted by Gasteiger charge is -2.25. The van der Waals surface area contributed by atoms with E-state index in [0.717, 1.165) is 11.1 Å². The number of nitrogens with one attached hydrogen (secondary N) is 3. The molecule has 2 aromatic rings. The topological polar surface area (TPSA) is 90.5 Å². The zero-order chi connectivity index (χ0) is 19.8. The molecule has 0 radical (unpaired) electrons. The van der Waals surface area contributed by atoms with E-state index in [4.69, 9.17) is 0 Å². The van der Waals surface area contributed by atoms with Gasteiger partial charge in [0.15, 0.2) is 0 Å². The van der Waals surface area contributed by atoms with Crippen LogP contribution in [-0.4, -0.2) is 47.4 Å². The molecular weight excluding hydrogens is 376 g/mol. The molecule has 0 saturated carbocycles. The standard InChI is InChI=1S/C20H22N4O3S/c1-11(2)21-20(27)23-16-5-7-24-17(16)18(25)22-15-4-3-12(9-14(15)19(24)26)13-6-8-28-10-13/h3-4,6,8-11,16-17H,5,7H2,1-2H3,(H,22,25)(H2,21,23,27)/t16-,17-/m0/s1. The van der Waals surface area contributed by atoms with Crippen LogP contribution in [0.1, 0.15) is 30.6 Å². The van der Waals surface area contributed by atoms with Crippen molar-refractivity contribution in [3.05, 3.63) is 40.6 Å². The lowest BCUT2D eigenvalue weighted by molar-refractivity contribution is -0.120. The number of anilines is 1. The molecule has 0 aliphatic carbocycles. The van der Waals surface area contributed by atoms with E-state index in [0.29, 0.717) is 24.2 Å². The van der Waals surface area contributed by atoms with Gasteiger partial charge in [0.25, 0.3) is 5.91 Å². The Morgan fingerprint density at radius 2 is 2.07 bits per heavy atom. The van der Waals surface area contributed by atoms with Crippen LogP contribution in [0.5, 0.6) is 0 Å². The summed E-state index contributed by atoms with van der Waals surface area (Å²) in [5.41, 5.74) is 2.96. The average molecular weight is 398 g/mol. The Kier molecular flexibility index (Phi) is 4.80. The Balaban J connectivity index is 1.61. The van der Waals surface area contributed by atoms with Gasteiger partial charge in [0.1, 0.15) is 6.04 Å². The number of hydrogen-bond acceptors (Lipinski definition) is 4. The number of carbonyl (C=O) groups excluding carboxylic acids is 3. The maximum atomic E-state index is 13.2. The minimum atomic E-state index is -0.720. The summed E-state index contributed by atoms with van der Waals surface area (Å²) in [6.45, 7) is 4.15. The molecule has 1 saturated heterocycles. The molecule has 8 heteroatoms. The Morgan fingerprint density at radius 1 is 1.25 bits per heavy atom. The van der Waals surface area contributed by atoms with E-state index in [1.807, 2.05) is 42.8 Å². The second-order valence-corrected chi connectivity index (χ2v) is 8.15. The van der Waals surface area contributed by atoms with Crippen LogP contribution in [-0.2, 0) is 4.79 Å². The number of amides is 4. The third kappa shape index (κ3) is 3.35. The van der Waals surface area contributed by atoms with E-state index in [-0.39, 0.29) is 23.9 Å². The number of rotatable bonds is 3. The van der Waals surface area contributed by atoms with Gasteiger partial charge in [0, 0.05) is 12.6 Å².